The number of nitro groups is 1. The summed E-state index contributed by atoms with van der Waals surface area (Å²) >= 11 is 0. The van der Waals surface area contributed by atoms with Crippen molar-refractivity contribution in [3.05, 3.63) is 52.0 Å². The van der Waals surface area contributed by atoms with Gasteiger partial charge in [-0.25, -0.2) is 9.18 Å². The largest absolute Gasteiger partial charge is 0.442 e. The molecule has 0 radical (unpaired) electrons. The lowest BCUT2D eigenvalue weighted by Crippen LogP contribution is -2.38. The Morgan fingerprint density at radius 2 is 2.03 bits per heavy atom. The zero-order valence-electron chi connectivity index (χ0n) is 20.3. The first-order chi connectivity index (χ1) is 17.2. The number of furan rings is 1. The number of nitrogens with zero attached hydrogens (tertiary/aromatic N) is 4. The van der Waals surface area contributed by atoms with Gasteiger partial charge in [0.1, 0.15) is 22.6 Å². The quantitative estimate of drug-likeness (QED) is 0.409. The molecule has 4 rings (SSSR count). The van der Waals surface area contributed by atoms with Crippen molar-refractivity contribution in [3.63, 3.8) is 0 Å². The molecule has 0 aliphatic carbocycles. The third-order valence-corrected chi connectivity index (χ3v) is 6.47. The first kappa shape index (κ1) is 25.4. The summed E-state index contributed by atoms with van der Waals surface area (Å²) in [5, 5.41) is 13.4. The topological polar surface area (TPSA) is 121 Å². The number of amides is 2. The second kappa shape index (κ2) is 10.9. The van der Waals surface area contributed by atoms with Gasteiger partial charge < -0.3 is 19.4 Å². The fourth-order valence-corrected chi connectivity index (χ4v) is 4.69. The van der Waals surface area contributed by atoms with Crippen molar-refractivity contribution in [3.8, 4) is 0 Å². The molecule has 0 bridgehead atoms. The van der Waals surface area contributed by atoms with Gasteiger partial charge in [-0.05, 0) is 50.1 Å². The molecule has 36 heavy (non-hydrogen) atoms. The number of piperidine rings is 1. The van der Waals surface area contributed by atoms with E-state index < -0.39 is 22.9 Å². The Hall–Kier alpha value is -3.67. The summed E-state index contributed by atoms with van der Waals surface area (Å²) in [6, 6.07) is 7.73. The van der Waals surface area contributed by atoms with Gasteiger partial charge >= 0.3 is 12.0 Å². The second-order valence-corrected chi connectivity index (χ2v) is 9.31. The number of benzene rings is 1. The van der Waals surface area contributed by atoms with Crippen molar-refractivity contribution in [1.82, 2.24) is 10.2 Å². The Morgan fingerprint density at radius 1 is 1.28 bits per heavy atom. The molecule has 0 saturated carbocycles. The molecule has 1 aromatic heterocycles. The number of halogens is 1. The van der Waals surface area contributed by atoms with Gasteiger partial charge in [-0.1, -0.05) is 0 Å². The second-order valence-electron chi connectivity index (χ2n) is 9.31. The predicted molar refractivity (Wildman–Crippen MR) is 129 cm³/mol. The molecule has 2 amide bonds. The lowest BCUT2D eigenvalue weighted by atomic mass is 9.95. The van der Waals surface area contributed by atoms with Gasteiger partial charge in [0.15, 0.2) is 0 Å². The van der Waals surface area contributed by atoms with Crippen LogP contribution in [0.15, 0.2) is 34.7 Å². The predicted octanol–water partition coefficient (Wildman–Crippen LogP) is 3.14. The first-order valence-corrected chi connectivity index (χ1v) is 11.9. The highest BCUT2D eigenvalue weighted by Gasteiger charge is 2.33. The van der Waals surface area contributed by atoms with Gasteiger partial charge in [-0.3, -0.25) is 24.7 Å². The Morgan fingerprint density at radius 3 is 2.67 bits per heavy atom. The summed E-state index contributed by atoms with van der Waals surface area (Å²) in [6.45, 7) is 4.53. The number of nitrogens with one attached hydrogen (secondary N) is 1. The summed E-state index contributed by atoms with van der Waals surface area (Å²) < 4.78 is 25.5. The molecule has 0 unspecified atom stereocenters. The van der Waals surface area contributed by atoms with E-state index in [2.05, 4.69) is 10.2 Å². The van der Waals surface area contributed by atoms with Gasteiger partial charge in [0.25, 0.3) is 0 Å². The molecule has 2 aromatic rings. The molecule has 1 N–H and O–H groups in total. The summed E-state index contributed by atoms with van der Waals surface area (Å²) in [6.07, 6.45) is 0.719. The van der Waals surface area contributed by atoms with Crippen molar-refractivity contribution in [2.24, 2.45) is 5.92 Å². The van der Waals surface area contributed by atoms with Gasteiger partial charge in [-0.15, -0.1) is 0 Å². The number of rotatable bonds is 9. The maximum Gasteiger partial charge on any atom is 0.433 e. The number of hydrogen-bond acceptors (Lipinski definition) is 8. The summed E-state index contributed by atoms with van der Waals surface area (Å²) in [5.74, 6) is 0.0939. The SMILES string of the molecule is CC(=O)NC[C@H]1CN(c2ccc(N3CCC(CN(C)Cc4ccc([N+](=O)[O-])o4)CC3)c(F)c2)C(=O)O1. The fourth-order valence-electron chi connectivity index (χ4n) is 4.69. The summed E-state index contributed by atoms with van der Waals surface area (Å²) in [5.41, 5.74) is 0.914. The van der Waals surface area contributed by atoms with Crippen molar-refractivity contribution < 1.29 is 28.1 Å². The van der Waals surface area contributed by atoms with Crippen molar-refractivity contribution >= 4 is 29.3 Å². The van der Waals surface area contributed by atoms with E-state index in [-0.39, 0.29) is 24.9 Å². The average Bonchev–Trinajstić information content (AvgIpc) is 3.45. The van der Waals surface area contributed by atoms with E-state index in [4.69, 9.17) is 9.15 Å². The zero-order valence-corrected chi connectivity index (χ0v) is 20.3. The highest BCUT2D eigenvalue weighted by atomic mass is 19.1. The van der Waals surface area contributed by atoms with Crippen LogP contribution < -0.4 is 15.1 Å². The molecule has 2 aliphatic rings. The number of carbonyl (C=O) groups is 2. The number of hydrogen-bond donors (Lipinski definition) is 1. The minimum Gasteiger partial charge on any atom is -0.442 e. The third-order valence-electron chi connectivity index (χ3n) is 6.47. The number of cyclic esters (lactones) is 1. The van der Waals surface area contributed by atoms with E-state index in [0.29, 0.717) is 42.7 Å². The Balaban J connectivity index is 1.28. The molecule has 194 valence electrons. The van der Waals surface area contributed by atoms with Gasteiger partial charge in [0.05, 0.1) is 37.1 Å². The molecule has 2 saturated heterocycles. The molecular weight excluding hydrogens is 473 g/mol. The Labute approximate surface area is 207 Å². The van der Waals surface area contributed by atoms with Crippen LogP contribution in [0.4, 0.5) is 26.4 Å². The van der Waals surface area contributed by atoms with Crippen LogP contribution in [0.3, 0.4) is 0 Å². The number of ether oxygens (including phenoxy) is 1. The van der Waals surface area contributed by atoms with E-state index in [1.54, 1.807) is 18.2 Å². The van der Waals surface area contributed by atoms with Crippen LogP contribution in [0, 0.1) is 21.8 Å². The number of carbonyl (C=O) groups excluding carboxylic acids is 2. The Bertz CT molecular complexity index is 1120. The lowest BCUT2D eigenvalue weighted by Gasteiger charge is -2.35. The fraction of sp³-hybridized carbons (Fsp3) is 0.500. The lowest BCUT2D eigenvalue weighted by molar-refractivity contribution is -0.402. The molecule has 3 heterocycles. The smallest absolute Gasteiger partial charge is 0.433 e. The minimum absolute atomic E-state index is 0.209. The molecule has 2 fully saturated rings. The Kier molecular flexibility index (Phi) is 7.73. The van der Waals surface area contributed by atoms with Crippen molar-refractivity contribution in [2.45, 2.75) is 32.4 Å². The van der Waals surface area contributed by atoms with Crippen LogP contribution in [-0.4, -0.2) is 67.7 Å². The third kappa shape index (κ3) is 6.11. The highest BCUT2D eigenvalue weighted by molar-refractivity contribution is 5.90. The van der Waals surface area contributed by atoms with E-state index in [9.17, 15) is 19.7 Å². The summed E-state index contributed by atoms with van der Waals surface area (Å²) in [7, 11) is 1.95. The standard InChI is InChI=1S/C24H30FN5O6/c1-16(31)26-12-20-15-29(24(32)36-20)18-3-5-22(21(25)11-18)28-9-7-17(8-10-28)13-27(2)14-19-4-6-23(35-19)30(33)34/h3-6,11,17,20H,7-10,12-15H2,1-2H3,(H,26,31)/t20-/m0/s1. The van der Waals surface area contributed by atoms with Crippen molar-refractivity contribution in [1.29, 1.82) is 0 Å². The molecule has 0 spiro atoms. The van der Waals surface area contributed by atoms with Crippen LogP contribution in [0.5, 0.6) is 0 Å². The van der Waals surface area contributed by atoms with Crippen LogP contribution in [0.1, 0.15) is 25.5 Å². The normalized spacial score (nSPS) is 18.6. The average molecular weight is 504 g/mol. The molecule has 11 nitrogen and oxygen atoms in total. The molecular formula is C24H30FN5O6. The number of anilines is 2. The minimum atomic E-state index is -0.563. The van der Waals surface area contributed by atoms with Gasteiger partial charge in [-0.2, -0.15) is 0 Å². The molecule has 1 atom stereocenters. The van der Waals surface area contributed by atoms with E-state index >= 15 is 4.39 Å². The van der Waals surface area contributed by atoms with Crippen LogP contribution in [0.25, 0.3) is 0 Å². The van der Waals surface area contributed by atoms with Crippen LogP contribution in [0.2, 0.25) is 0 Å². The molecule has 1 aromatic carbocycles. The maximum absolute atomic E-state index is 15.0. The highest BCUT2D eigenvalue weighted by Crippen LogP contribution is 2.31. The maximum atomic E-state index is 15.0. The van der Waals surface area contributed by atoms with Gasteiger partial charge in [0, 0.05) is 26.6 Å². The van der Waals surface area contributed by atoms with Crippen LogP contribution >= 0.6 is 0 Å². The van der Waals surface area contributed by atoms with E-state index in [1.807, 2.05) is 11.9 Å². The molecule has 12 heteroatoms. The summed E-state index contributed by atoms with van der Waals surface area (Å²) in [4.78, 5) is 39.0. The van der Waals surface area contributed by atoms with E-state index in [0.717, 1.165) is 19.4 Å². The van der Waals surface area contributed by atoms with Crippen LogP contribution in [-0.2, 0) is 16.1 Å². The van der Waals surface area contributed by atoms with Gasteiger partial charge in [0.2, 0.25) is 5.91 Å². The van der Waals surface area contributed by atoms with Crippen molar-refractivity contribution in [2.75, 3.05) is 49.6 Å². The molecule has 2 aliphatic heterocycles. The monoisotopic (exact) mass is 503 g/mol. The van der Waals surface area contributed by atoms with E-state index in [1.165, 1.54) is 24.0 Å². The first-order valence-electron chi connectivity index (χ1n) is 11.9. The zero-order chi connectivity index (χ0) is 25.8.